The molecular weight excluding hydrogens is 387 g/mol. The number of rotatable bonds is 5. The summed E-state index contributed by atoms with van der Waals surface area (Å²) in [5.74, 6) is 0.922. The summed E-state index contributed by atoms with van der Waals surface area (Å²) in [5, 5.41) is 8.42. The summed E-state index contributed by atoms with van der Waals surface area (Å²) in [5.41, 5.74) is -1.01. The summed E-state index contributed by atoms with van der Waals surface area (Å²) in [6.45, 7) is 7.43. The maximum absolute atomic E-state index is 14.7. The molecule has 2 aromatic rings. The molecule has 1 aliphatic heterocycles. The standard InChI is InChI=1S/C18H22BClFN3O4/c1-17(2)18(3,4)28-19(27-17)16(21)7-11-10-24(23-22-11)13-9-14(25-5)12(20)8-15(13)26-6/h7-10H,1-6H3. The van der Waals surface area contributed by atoms with E-state index in [1.165, 1.54) is 25.0 Å². The van der Waals surface area contributed by atoms with Gasteiger partial charge in [-0.15, -0.1) is 5.10 Å². The van der Waals surface area contributed by atoms with Crippen molar-refractivity contribution in [2.45, 2.75) is 38.9 Å². The minimum Gasteiger partial charge on any atom is -0.495 e. The van der Waals surface area contributed by atoms with Crippen LogP contribution in [0.5, 0.6) is 11.5 Å². The molecule has 0 unspecified atom stereocenters. The Morgan fingerprint density at radius 2 is 1.75 bits per heavy atom. The molecule has 0 radical (unpaired) electrons. The Hall–Kier alpha value is -2.10. The summed E-state index contributed by atoms with van der Waals surface area (Å²) in [6.07, 6.45) is 2.78. The van der Waals surface area contributed by atoms with E-state index >= 15 is 0 Å². The Morgan fingerprint density at radius 3 is 2.32 bits per heavy atom. The first-order valence-electron chi connectivity index (χ1n) is 8.65. The molecule has 10 heteroatoms. The Balaban J connectivity index is 1.88. The van der Waals surface area contributed by atoms with Crippen molar-refractivity contribution in [2.24, 2.45) is 0 Å². The summed E-state index contributed by atoms with van der Waals surface area (Å²) in [4.78, 5) is 0. The lowest BCUT2D eigenvalue weighted by Gasteiger charge is -2.32. The summed E-state index contributed by atoms with van der Waals surface area (Å²) in [7, 11) is 1.92. The van der Waals surface area contributed by atoms with Crippen LogP contribution in [0, 0.1) is 0 Å². The first-order valence-corrected chi connectivity index (χ1v) is 9.03. The van der Waals surface area contributed by atoms with Gasteiger partial charge in [0.2, 0.25) is 0 Å². The van der Waals surface area contributed by atoms with E-state index in [9.17, 15) is 4.39 Å². The minimum absolute atomic E-state index is 0.295. The van der Waals surface area contributed by atoms with E-state index in [1.807, 2.05) is 27.7 Å². The molecule has 1 aliphatic rings. The van der Waals surface area contributed by atoms with Crippen LogP contribution in [0.3, 0.4) is 0 Å². The van der Waals surface area contributed by atoms with Gasteiger partial charge >= 0.3 is 7.12 Å². The highest BCUT2D eigenvalue weighted by molar-refractivity contribution is 6.54. The zero-order valence-corrected chi connectivity index (χ0v) is 17.4. The third kappa shape index (κ3) is 3.74. The van der Waals surface area contributed by atoms with Crippen LogP contribution in [0.4, 0.5) is 4.39 Å². The van der Waals surface area contributed by atoms with Gasteiger partial charge in [-0.25, -0.2) is 9.07 Å². The Kier molecular flexibility index (Phi) is 5.44. The zero-order chi connectivity index (χ0) is 20.7. The molecule has 0 amide bonds. The molecule has 0 bridgehead atoms. The molecule has 150 valence electrons. The van der Waals surface area contributed by atoms with Gasteiger partial charge in [-0.1, -0.05) is 16.8 Å². The van der Waals surface area contributed by atoms with Gasteiger partial charge in [0, 0.05) is 12.1 Å². The molecule has 1 aromatic heterocycles. The second-order valence-electron chi connectivity index (χ2n) is 7.36. The molecule has 1 saturated heterocycles. The minimum atomic E-state index is -1.10. The fourth-order valence-electron chi connectivity index (χ4n) is 2.65. The van der Waals surface area contributed by atoms with Gasteiger partial charge in [-0.2, -0.15) is 0 Å². The van der Waals surface area contributed by atoms with Crippen molar-refractivity contribution in [2.75, 3.05) is 14.2 Å². The lowest BCUT2D eigenvalue weighted by atomic mass is 9.87. The van der Waals surface area contributed by atoms with Gasteiger partial charge in [0.05, 0.1) is 36.6 Å². The average molecular weight is 410 g/mol. The van der Waals surface area contributed by atoms with Crippen LogP contribution in [-0.4, -0.2) is 47.5 Å². The first-order chi connectivity index (χ1) is 13.1. The van der Waals surface area contributed by atoms with E-state index in [0.29, 0.717) is 27.9 Å². The van der Waals surface area contributed by atoms with E-state index in [2.05, 4.69) is 10.3 Å². The molecule has 0 atom stereocenters. The number of methoxy groups -OCH3 is 2. The van der Waals surface area contributed by atoms with E-state index in [-0.39, 0.29) is 0 Å². The van der Waals surface area contributed by atoms with Crippen LogP contribution in [0.1, 0.15) is 33.4 Å². The largest absolute Gasteiger partial charge is 0.525 e. The first kappa shape index (κ1) is 20.6. The van der Waals surface area contributed by atoms with Crippen LogP contribution in [0.2, 0.25) is 5.02 Å². The smallest absolute Gasteiger partial charge is 0.495 e. The topological polar surface area (TPSA) is 67.6 Å². The molecule has 0 spiro atoms. The van der Waals surface area contributed by atoms with Crippen molar-refractivity contribution in [3.8, 4) is 17.2 Å². The predicted molar refractivity (Wildman–Crippen MR) is 105 cm³/mol. The molecule has 7 nitrogen and oxygen atoms in total. The maximum atomic E-state index is 14.7. The third-order valence-corrected chi connectivity index (χ3v) is 5.27. The number of ether oxygens (including phenoxy) is 2. The second-order valence-corrected chi connectivity index (χ2v) is 7.77. The van der Waals surface area contributed by atoms with Crippen molar-refractivity contribution in [3.05, 3.63) is 34.8 Å². The molecule has 1 aromatic carbocycles. The molecule has 28 heavy (non-hydrogen) atoms. The average Bonchev–Trinajstić information content (AvgIpc) is 3.16. The van der Waals surface area contributed by atoms with E-state index in [1.54, 1.807) is 18.3 Å². The fourth-order valence-corrected chi connectivity index (χ4v) is 2.88. The van der Waals surface area contributed by atoms with Crippen LogP contribution in [0.25, 0.3) is 11.8 Å². The van der Waals surface area contributed by atoms with Crippen LogP contribution in [0.15, 0.2) is 24.1 Å². The second kappa shape index (κ2) is 7.38. The van der Waals surface area contributed by atoms with Crippen LogP contribution < -0.4 is 9.47 Å². The molecule has 3 rings (SSSR count). The highest BCUT2D eigenvalue weighted by Crippen LogP contribution is 2.39. The van der Waals surface area contributed by atoms with Gasteiger partial charge in [0.25, 0.3) is 0 Å². The molecular formula is C18H22BClFN3O4. The van der Waals surface area contributed by atoms with Crippen LogP contribution in [-0.2, 0) is 9.31 Å². The lowest BCUT2D eigenvalue weighted by molar-refractivity contribution is 0.00578. The summed E-state index contributed by atoms with van der Waals surface area (Å²) >= 11 is 6.12. The number of benzene rings is 1. The van der Waals surface area contributed by atoms with E-state index in [0.717, 1.165) is 0 Å². The SMILES string of the molecule is COc1cc(-n2cc(C=C(F)B3OC(C)(C)C(C)(C)O3)nn2)c(OC)cc1Cl. The molecule has 0 aliphatic carbocycles. The third-order valence-electron chi connectivity index (χ3n) is 4.98. The molecule has 0 saturated carbocycles. The number of hydrogen-bond donors (Lipinski definition) is 0. The van der Waals surface area contributed by atoms with Crippen LogP contribution >= 0.6 is 11.6 Å². The fraction of sp³-hybridized carbons (Fsp3) is 0.444. The predicted octanol–water partition coefficient (Wildman–Crippen LogP) is 3.88. The number of nitrogens with zero attached hydrogens (tertiary/aromatic N) is 3. The summed E-state index contributed by atoms with van der Waals surface area (Å²) < 4.78 is 38.1. The van der Waals surface area contributed by atoms with Gasteiger partial charge in [0.15, 0.2) is 0 Å². The highest BCUT2D eigenvalue weighted by atomic mass is 35.5. The molecule has 0 N–H and O–H groups in total. The Morgan fingerprint density at radius 1 is 1.14 bits per heavy atom. The Bertz CT molecular complexity index is 900. The zero-order valence-electron chi connectivity index (χ0n) is 16.6. The van der Waals surface area contributed by atoms with Crippen molar-refractivity contribution < 1.29 is 23.2 Å². The number of hydrogen-bond acceptors (Lipinski definition) is 6. The monoisotopic (exact) mass is 409 g/mol. The van der Waals surface area contributed by atoms with E-state index in [4.69, 9.17) is 30.4 Å². The highest BCUT2D eigenvalue weighted by Gasteiger charge is 2.53. The number of halogens is 2. The quantitative estimate of drug-likeness (QED) is 0.698. The van der Waals surface area contributed by atoms with Gasteiger partial charge in [-0.05, 0) is 33.8 Å². The van der Waals surface area contributed by atoms with Crippen molar-refractivity contribution in [1.29, 1.82) is 0 Å². The van der Waals surface area contributed by atoms with Gasteiger partial charge in [-0.3, -0.25) is 0 Å². The molecule has 1 fully saturated rings. The van der Waals surface area contributed by atoms with E-state index < -0.39 is 24.0 Å². The maximum Gasteiger partial charge on any atom is 0.525 e. The number of aromatic nitrogens is 3. The normalized spacial score (nSPS) is 18.4. The molecule has 2 heterocycles. The lowest BCUT2D eigenvalue weighted by Crippen LogP contribution is -2.41. The van der Waals surface area contributed by atoms with Gasteiger partial charge in [0.1, 0.15) is 28.6 Å². The van der Waals surface area contributed by atoms with Crippen molar-refractivity contribution in [3.63, 3.8) is 0 Å². The van der Waals surface area contributed by atoms with Crippen molar-refractivity contribution in [1.82, 2.24) is 15.0 Å². The van der Waals surface area contributed by atoms with Crippen molar-refractivity contribution >= 4 is 24.8 Å². The Labute approximate surface area is 168 Å². The summed E-state index contributed by atoms with van der Waals surface area (Å²) in [6, 6.07) is 3.27. The van der Waals surface area contributed by atoms with Gasteiger partial charge < -0.3 is 18.8 Å².